The fourth-order valence-corrected chi connectivity index (χ4v) is 4.19. The normalized spacial score (nSPS) is 17.4. The number of hydrogen-bond acceptors (Lipinski definition) is 5. The first-order valence-corrected chi connectivity index (χ1v) is 11.6. The van der Waals surface area contributed by atoms with Gasteiger partial charge in [-0.2, -0.15) is 9.61 Å². The van der Waals surface area contributed by atoms with E-state index in [0.717, 1.165) is 17.4 Å². The van der Waals surface area contributed by atoms with E-state index in [0.29, 0.717) is 5.56 Å². The largest absolute Gasteiger partial charge is 0.492 e. The Morgan fingerprint density at radius 1 is 1.24 bits per heavy atom. The molecule has 9 nitrogen and oxygen atoms in total. The van der Waals surface area contributed by atoms with Gasteiger partial charge in [-0.1, -0.05) is 13.8 Å². The standard InChI is InChI=1S/C23H29F2N5O4/c1-13(2)12-29-21-15(3-6-17(31)28-9-7-14(8-10-28)19(24)25)11-26-30(21)23(34)18(22(29)33)20(32)27-16-4-5-16/h3,6,11,13-14,16,19,34H,4-5,7-10,12H2,1-2H3,(H,27,32). The van der Waals surface area contributed by atoms with E-state index in [1.807, 2.05) is 13.8 Å². The summed E-state index contributed by atoms with van der Waals surface area (Å²) in [4.78, 5) is 40.0. The Hall–Kier alpha value is -3.24. The van der Waals surface area contributed by atoms with E-state index < -0.39 is 29.7 Å². The van der Waals surface area contributed by atoms with Gasteiger partial charge in [0.05, 0.1) is 6.20 Å². The molecule has 4 rings (SSSR count). The number of carbonyl (C=O) groups is 2. The van der Waals surface area contributed by atoms with Crippen LogP contribution in [0.15, 0.2) is 17.1 Å². The predicted octanol–water partition coefficient (Wildman–Crippen LogP) is 2.27. The Balaban J connectivity index is 1.65. The summed E-state index contributed by atoms with van der Waals surface area (Å²) in [5.74, 6) is -2.16. The van der Waals surface area contributed by atoms with Gasteiger partial charge in [-0.25, -0.2) is 8.78 Å². The second-order valence-corrected chi connectivity index (χ2v) is 9.42. The number of halogens is 2. The smallest absolute Gasteiger partial charge is 0.270 e. The molecule has 184 valence electrons. The summed E-state index contributed by atoms with van der Waals surface area (Å²) in [7, 11) is 0. The first-order chi connectivity index (χ1) is 16.2. The van der Waals surface area contributed by atoms with Crippen LogP contribution >= 0.6 is 0 Å². The summed E-state index contributed by atoms with van der Waals surface area (Å²) in [6.07, 6.45) is 3.99. The van der Waals surface area contributed by atoms with Crippen LogP contribution in [-0.4, -0.2) is 61.6 Å². The summed E-state index contributed by atoms with van der Waals surface area (Å²) in [6, 6.07) is 0.00781. The van der Waals surface area contributed by atoms with E-state index in [1.165, 1.54) is 27.8 Å². The lowest BCUT2D eigenvalue weighted by molar-refractivity contribution is -0.128. The van der Waals surface area contributed by atoms with Gasteiger partial charge in [0.1, 0.15) is 5.65 Å². The molecule has 3 heterocycles. The second-order valence-electron chi connectivity index (χ2n) is 9.42. The zero-order valence-corrected chi connectivity index (χ0v) is 19.2. The monoisotopic (exact) mass is 477 g/mol. The van der Waals surface area contributed by atoms with Crippen molar-refractivity contribution in [3.05, 3.63) is 33.8 Å². The van der Waals surface area contributed by atoms with Crippen LogP contribution in [0.3, 0.4) is 0 Å². The molecule has 2 aromatic rings. The fourth-order valence-electron chi connectivity index (χ4n) is 4.19. The number of rotatable bonds is 7. The number of carbonyl (C=O) groups excluding carboxylic acids is 2. The maximum Gasteiger partial charge on any atom is 0.270 e. The van der Waals surface area contributed by atoms with Gasteiger partial charge in [-0.15, -0.1) is 0 Å². The van der Waals surface area contributed by atoms with E-state index in [4.69, 9.17) is 0 Å². The Bertz CT molecular complexity index is 1170. The summed E-state index contributed by atoms with van der Waals surface area (Å²) in [6.45, 7) is 4.61. The van der Waals surface area contributed by atoms with Gasteiger partial charge in [-0.3, -0.25) is 19.0 Å². The number of aromatic hydroxyl groups is 1. The molecule has 0 atom stereocenters. The van der Waals surface area contributed by atoms with E-state index >= 15 is 0 Å². The molecule has 0 bridgehead atoms. The highest BCUT2D eigenvalue weighted by Crippen LogP contribution is 2.25. The average molecular weight is 478 g/mol. The molecular weight excluding hydrogens is 448 g/mol. The number of nitrogens with one attached hydrogen (secondary N) is 1. The molecule has 0 aromatic carbocycles. The highest BCUT2D eigenvalue weighted by Gasteiger charge is 2.30. The van der Waals surface area contributed by atoms with Crippen LogP contribution in [0, 0.1) is 11.8 Å². The third kappa shape index (κ3) is 4.83. The minimum Gasteiger partial charge on any atom is -0.492 e. The molecule has 2 amide bonds. The molecule has 11 heteroatoms. The summed E-state index contributed by atoms with van der Waals surface area (Å²) < 4.78 is 28.3. The molecule has 0 radical (unpaired) electrons. The van der Waals surface area contributed by atoms with Crippen LogP contribution in [-0.2, 0) is 11.3 Å². The molecule has 0 unspecified atom stereocenters. The quantitative estimate of drug-likeness (QED) is 0.595. The lowest BCUT2D eigenvalue weighted by atomic mass is 9.97. The van der Waals surface area contributed by atoms with Crippen LogP contribution in [0.5, 0.6) is 5.88 Å². The number of fused-ring (bicyclic) bond motifs is 1. The lowest BCUT2D eigenvalue weighted by Gasteiger charge is -2.30. The van der Waals surface area contributed by atoms with Crippen molar-refractivity contribution in [3.63, 3.8) is 0 Å². The summed E-state index contributed by atoms with van der Waals surface area (Å²) in [5, 5.41) is 17.6. The second kappa shape index (κ2) is 9.55. The van der Waals surface area contributed by atoms with E-state index in [-0.39, 0.29) is 61.6 Å². The number of hydrogen-bond donors (Lipinski definition) is 2. The average Bonchev–Trinajstić information content (AvgIpc) is 3.50. The van der Waals surface area contributed by atoms with Gasteiger partial charge in [0.15, 0.2) is 5.56 Å². The van der Waals surface area contributed by atoms with Crippen LogP contribution in [0.25, 0.3) is 11.7 Å². The van der Waals surface area contributed by atoms with Gasteiger partial charge in [0.2, 0.25) is 18.2 Å². The minimum atomic E-state index is -2.38. The number of piperidine rings is 1. The fraction of sp³-hybridized carbons (Fsp3) is 0.565. The molecule has 2 aromatic heterocycles. The van der Waals surface area contributed by atoms with Gasteiger partial charge >= 0.3 is 0 Å². The number of nitrogens with zero attached hydrogens (tertiary/aromatic N) is 4. The van der Waals surface area contributed by atoms with Crippen molar-refractivity contribution < 1.29 is 23.5 Å². The Labute approximate surface area is 195 Å². The number of alkyl halides is 2. The Morgan fingerprint density at radius 3 is 2.50 bits per heavy atom. The maximum absolute atomic E-state index is 13.2. The first kappa shape index (κ1) is 23.9. The molecule has 2 N–H and O–H groups in total. The van der Waals surface area contributed by atoms with Crippen molar-refractivity contribution in [2.24, 2.45) is 11.8 Å². The van der Waals surface area contributed by atoms with E-state index in [2.05, 4.69) is 10.4 Å². The predicted molar refractivity (Wildman–Crippen MR) is 121 cm³/mol. The molecule has 1 saturated heterocycles. The van der Waals surface area contributed by atoms with Crippen LogP contribution in [0.1, 0.15) is 55.5 Å². The molecule has 1 saturated carbocycles. The summed E-state index contributed by atoms with van der Waals surface area (Å²) >= 11 is 0. The third-order valence-electron chi connectivity index (χ3n) is 6.21. The van der Waals surface area contributed by atoms with Crippen molar-refractivity contribution in [1.82, 2.24) is 24.4 Å². The zero-order valence-electron chi connectivity index (χ0n) is 19.2. The van der Waals surface area contributed by atoms with Gasteiger partial charge in [0.25, 0.3) is 11.5 Å². The zero-order chi connectivity index (χ0) is 24.6. The molecule has 2 aliphatic rings. The number of aromatic nitrogens is 3. The third-order valence-corrected chi connectivity index (χ3v) is 6.21. The minimum absolute atomic E-state index is 0.00781. The van der Waals surface area contributed by atoms with Crippen LogP contribution in [0.4, 0.5) is 8.78 Å². The number of amides is 2. The topological polar surface area (TPSA) is 109 Å². The van der Waals surface area contributed by atoms with Crippen molar-refractivity contribution in [3.8, 4) is 5.88 Å². The number of likely N-dealkylation sites (tertiary alicyclic amines) is 1. The highest BCUT2D eigenvalue weighted by atomic mass is 19.3. The van der Waals surface area contributed by atoms with Crippen molar-refractivity contribution >= 4 is 23.5 Å². The van der Waals surface area contributed by atoms with E-state index in [9.17, 15) is 28.3 Å². The van der Waals surface area contributed by atoms with Gasteiger partial charge in [0, 0.05) is 43.2 Å². The first-order valence-electron chi connectivity index (χ1n) is 11.6. The molecule has 2 fully saturated rings. The Morgan fingerprint density at radius 2 is 1.91 bits per heavy atom. The lowest BCUT2D eigenvalue weighted by Crippen LogP contribution is -2.39. The van der Waals surface area contributed by atoms with Crippen molar-refractivity contribution in [2.45, 2.75) is 58.5 Å². The Kier molecular flexibility index (Phi) is 6.72. The molecule has 0 spiro atoms. The van der Waals surface area contributed by atoms with Gasteiger partial charge < -0.3 is 15.3 Å². The summed E-state index contributed by atoms with van der Waals surface area (Å²) in [5.41, 5.74) is -0.318. The van der Waals surface area contributed by atoms with Crippen molar-refractivity contribution in [2.75, 3.05) is 13.1 Å². The van der Waals surface area contributed by atoms with Crippen LogP contribution in [0.2, 0.25) is 0 Å². The SMILES string of the molecule is CC(C)Cn1c(=O)c(C(=O)NC2CC2)c(O)n2ncc(C=CC(=O)N3CCC(C(F)F)CC3)c12. The molecule has 1 aliphatic heterocycles. The van der Waals surface area contributed by atoms with E-state index in [1.54, 1.807) is 0 Å². The van der Waals surface area contributed by atoms with Crippen LogP contribution < -0.4 is 10.9 Å². The molecule has 34 heavy (non-hydrogen) atoms. The van der Waals surface area contributed by atoms with Crippen molar-refractivity contribution in [1.29, 1.82) is 0 Å². The van der Waals surface area contributed by atoms with Gasteiger partial charge in [-0.05, 0) is 37.7 Å². The highest BCUT2D eigenvalue weighted by molar-refractivity contribution is 5.97. The maximum atomic E-state index is 13.2. The molecular formula is C23H29F2N5O4. The molecule has 1 aliphatic carbocycles.